The smallest absolute Gasteiger partial charge is 0.239 e. The molecular weight excluding hydrogens is 211 g/mol. The van der Waals surface area contributed by atoms with Crippen molar-refractivity contribution in [3.05, 3.63) is 22.4 Å². The van der Waals surface area contributed by atoms with Gasteiger partial charge >= 0.3 is 0 Å². The minimum Gasteiger partial charge on any atom is -0.239 e. The lowest BCUT2D eigenvalue weighted by Crippen LogP contribution is -1.97. The average molecular weight is 219 g/mol. The summed E-state index contributed by atoms with van der Waals surface area (Å²) < 4.78 is 12.7. The fourth-order valence-corrected chi connectivity index (χ4v) is 0.950. The Morgan fingerprint density at radius 2 is 2.18 bits per heavy atom. The van der Waals surface area contributed by atoms with Gasteiger partial charge in [-0.1, -0.05) is 13.8 Å². The number of hydrogen-bond donors (Lipinski definition) is 0. The molecule has 1 heterocycles. The second-order valence-corrected chi connectivity index (χ2v) is 3.28. The van der Waals surface area contributed by atoms with Gasteiger partial charge in [-0.05, 0) is 21.8 Å². The number of halogens is 2. The number of nitrogens with zero attached hydrogens (tertiary/aromatic N) is 2. The lowest BCUT2D eigenvalue weighted by Gasteiger charge is -2.02. The zero-order chi connectivity index (χ0) is 8.43. The number of aromatic nitrogens is 2. The first-order valence-corrected chi connectivity index (χ1v) is 4.08. The Bertz CT molecular complexity index is 263. The van der Waals surface area contributed by atoms with Gasteiger partial charge < -0.3 is 0 Å². The minimum atomic E-state index is -0.561. The normalized spacial score (nSPS) is 10.6. The third-order valence-corrected chi connectivity index (χ3v) is 1.80. The van der Waals surface area contributed by atoms with Crippen LogP contribution in [0.15, 0.2) is 10.8 Å². The van der Waals surface area contributed by atoms with Gasteiger partial charge in [0.25, 0.3) is 0 Å². The van der Waals surface area contributed by atoms with Crippen LogP contribution in [0.25, 0.3) is 0 Å². The Hall–Kier alpha value is -0.510. The molecule has 0 aliphatic carbocycles. The van der Waals surface area contributed by atoms with Crippen molar-refractivity contribution in [1.29, 1.82) is 0 Å². The van der Waals surface area contributed by atoms with Crippen molar-refractivity contribution in [2.75, 3.05) is 0 Å². The third-order valence-electron chi connectivity index (χ3n) is 1.30. The van der Waals surface area contributed by atoms with E-state index in [9.17, 15) is 4.39 Å². The van der Waals surface area contributed by atoms with Gasteiger partial charge in [0.1, 0.15) is 0 Å². The molecule has 2 nitrogen and oxygen atoms in total. The Morgan fingerprint density at radius 1 is 1.55 bits per heavy atom. The molecule has 0 aliphatic rings. The van der Waals surface area contributed by atoms with E-state index in [1.54, 1.807) is 0 Å². The van der Waals surface area contributed by atoms with E-state index < -0.39 is 5.95 Å². The molecule has 0 radical (unpaired) electrons. The van der Waals surface area contributed by atoms with Crippen molar-refractivity contribution in [2.45, 2.75) is 19.8 Å². The van der Waals surface area contributed by atoms with E-state index >= 15 is 0 Å². The molecule has 0 unspecified atom stereocenters. The maximum Gasteiger partial charge on any atom is 0.245 e. The van der Waals surface area contributed by atoms with E-state index in [4.69, 9.17) is 0 Å². The summed E-state index contributed by atoms with van der Waals surface area (Å²) in [6.45, 7) is 3.96. The molecule has 0 aliphatic heterocycles. The molecule has 0 N–H and O–H groups in total. The summed E-state index contributed by atoms with van der Waals surface area (Å²) in [7, 11) is 0. The van der Waals surface area contributed by atoms with E-state index in [0.29, 0.717) is 0 Å². The lowest BCUT2D eigenvalue weighted by atomic mass is 10.1. The fraction of sp³-hybridized carbons (Fsp3) is 0.429. The van der Waals surface area contributed by atoms with Crippen molar-refractivity contribution in [1.82, 2.24) is 9.97 Å². The quantitative estimate of drug-likeness (QED) is 0.725. The van der Waals surface area contributed by atoms with Crippen LogP contribution in [0.3, 0.4) is 0 Å². The molecule has 0 atom stereocenters. The second kappa shape index (κ2) is 3.26. The van der Waals surface area contributed by atoms with Crippen LogP contribution in [0.1, 0.15) is 25.5 Å². The monoisotopic (exact) mass is 218 g/mol. The Morgan fingerprint density at radius 3 is 2.64 bits per heavy atom. The van der Waals surface area contributed by atoms with Crippen LogP contribution in [0.4, 0.5) is 4.39 Å². The molecule has 0 saturated heterocycles. The van der Waals surface area contributed by atoms with Gasteiger partial charge in [0, 0.05) is 0 Å². The molecule has 0 bridgehead atoms. The van der Waals surface area contributed by atoms with Crippen LogP contribution in [0.5, 0.6) is 0 Å². The van der Waals surface area contributed by atoms with Crippen molar-refractivity contribution in [3.8, 4) is 0 Å². The van der Waals surface area contributed by atoms with E-state index in [1.807, 2.05) is 13.8 Å². The van der Waals surface area contributed by atoms with E-state index in [0.717, 1.165) is 5.69 Å². The van der Waals surface area contributed by atoms with Gasteiger partial charge in [0.05, 0.1) is 11.9 Å². The molecule has 1 aromatic heterocycles. The Kier molecular flexibility index (Phi) is 2.54. The van der Waals surface area contributed by atoms with Gasteiger partial charge in [0.15, 0.2) is 4.60 Å². The maximum absolute atomic E-state index is 12.5. The Labute approximate surface area is 73.0 Å². The lowest BCUT2D eigenvalue weighted by molar-refractivity contribution is 0.561. The maximum atomic E-state index is 12.5. The summed E-state index contributed by atoms with van der Waals surface area (Å²) in [5.41, 5.74) is 0.790. The molecule has 0 fully saturated rings. The Balaban J connectivity index is 3.05. The summed E-state index contributed by atoms with van der Waals surface area (Å²) in [5, 5.41) is 0. The average Bonchev–Trinajstić information content (AvgIpc) is 1.94. The van der Waals surface area contributed by atoms with E-state index in [1.165, 1.54) is 6.20 Å². The minimum absolute atomic E-state index is 0.184. The fourth-order valence-electron chi connectivity index (χ4n) is 0.643. The van der Waals surface area contributed by atoms with Crippen molar-refractivity contribution in [3.63, 3.8) is 0 Å². The predicted molar refractivity (Wildman–Crippen MR) is 43.8 cm³/mol. The summed E-state index contributed by atoms with van der Waals surface area (Å²) >= 11 is 2.97. The SMILES string of the molecule is CC(C)c1cnc(F)c(Br)n1. The molecule has 1 rings (SSSR count). The van der Waals surface area contributed by atoms with Crippen molar-refractivity contribution < 1.29 is 4.39 Å². The standard InChI is InChI=1S/C7H8BrFN2/c1-4(2)5-3-10-7(9)6(8)11-5/h3-4H,1-2H3. The molecule has 11 heavy (non-hydrogen) atoms. The first-order valence-electron chi connectivity index (χ1n) is 3.29. The van der Waals surface area contributed by atoms with Gasteiger partial charge in [-0.15, -0.1) is 0 Å². The van der Waals surface area contributed by atoms with Gasteiger partial charge in [-0.25, -0.2) is 9.97 Å². The first kappa shape index (κ1) is 8.59. The summed E-state index contributed by atoms with van der Waals surface area (Å²) in [6, 6.07) is 0. The zero-order valence-corrected chi connectivity index (χ0v) is 7.89. The van der Waals surface area contributed by atoms with Crippen molar-refractivity contribution >= 4 is 15.9 Å². The summed E-state index contributed by atoms with van der Waals surface area (Å²) in [4.78, 5) is 7.48. The highest BCUT2D eigenvalue weighted by Gasteiger charge is 2.05. The molecule has 0 amide bonds. The highest BCUT2D eigenvalue weighted by atomic mass is 79.9. The van der Waals surface area contributed by atoms with Gasteiger partial charge in [-0.3, -0.25) is 0 Å². The van der Waals surface area contributed by atoms with Crippen LogP contribution >= 0.6 is 15.9 Å². The van der Waals surface area contributed by atoms with Crippen LogP contribution in [0.2, 0.25) is 0 Å². The molecule has 1 aromatic rings. The van der Waals surface area contributed by atoms with E-state index in [2.05, 4.69) is 25.9 Å². The molecule has 0 saturated carbocycles. The van der Waals surface area contributed by atoms with Crippen LogP contribution < -0.4 is 0 Å². The summed E-state index contributed by atoms with van der Waals surface area (Å²) in [6.07, 6.45) is 1.45. The second-order valence-electron chi connectivity index (χ2n) is 2.53. The highest BCUT2D eigenvalue weighted by Crippen LogP contribution is 2.15. The molecule has 4 heteroatoms. The third kappa shape index (κ3) is 1.96. The van der Waals surface area contributed by atoms with E-state index in [-0.39, 0.29) is 10.5 Å². The van der Waals surface area contributed by atoms with Crippen LogP contribution in [0, 0.1) is 5.95 Å². The number of rotatable bonds is 1. The molecule has 0 spiro atoms. The van der Waals surface area contributed by atoms with Crippen LogP contribution in [-0.4, -0.2) is 9.97 Å². The zero-order valence-electron chi connectivity index (χ0n) is 6.31. The predicted octanol–water partition coefficient (Wildman–Crippen LogP) is 2.50. The highest BCUT2D eigenvalue weighted by molar-refractivity contribution is 9.10. The van der Waals surface area contributed by atoms with Crippen LogP contribution in [-0.2, 0) is 0 Å². The molecular formula is C7H8BrFN2. The summed E-state index contributed by atoms with van der Waals surface area (Å²) in [5.74, 6) is -0.284. The largest absolute Gasteiger partial charge is 0.245 e. The van der Waals surface area contributed by atoms with Gasteiger partial charge in [-0.2, -0.15) is 4.39 Å². The van der Waals surface area contributed by atoms with Gasteiger partial charge in [0.2, 0.25) is 5.95 Å². The first-order chi connectivity index (χ1) is 5.11. The van der Waals surface area contributed by atoms with Crippen molar-refractivity contribution in [2.24, 2.45) is 0 Å². The molecule has 0 aromatic carbocycles. The number of hydrogen-bond acceptors (Lipinski definition) is 2. The topological polar surface area (TPSA) is 25.8 Å². The molecule has 60 valence electrons.